The molecule has 1 aromatic heterocycles. The highest BCUT2D eigenvalue weighted by molar-refractivity contribution is 7.19. The van der Waals surface area contributed by atoms with E-state index in [0.717, 1.165) is 10.4 Å². The predicted molar refractivity (Wildman–Crippen MR) is 85.6 cm³/mol. The van der Waals surface area contributed by atoms with Gasteiger partial charge in [-0.1, -0.05) is 35.6 Å². The Balaban J connectivity index is 2.01. The Bertz CT molecular complexity index is 612. The first-order chi connectivity index (χ1) is 10.1. The van der Waals surface area contributed by atoms with Crippen LogP contribution in [0, 0.1) is 6.92 Å². The molecule has 21 heavy (non-hydrogen) atoms. The highest BCUT2D eigenvalue weighted by Gasteiger charge is 2.11. The highest BCUT2D eigenvalue weighted by atomic mass is 32.1. The Kier molecular flexibility index (Phi) is 5.30. The average Bonchev–Trinajstić information content (AvgIpc) is 2.87. The number of carbonyl (C=O) groups excluding carboxylic acids is 1. The molecule has 0 saturated heterocycles. The van der Waals surface area contributed by atoms with Crippen LogP contribution in [0.15, 0.2) is 30.5 Å². The second-order valence-corrected chi connectivity index (χ2v) is 5.89. The SMILES string of the molecule is Cc1ccccc1-c1cnc(NC(=O)N[C@H](C)CCO)s1. The van der Waals surface area contributed by atoms with Crippen LogP contribution < -0.4 is 10.6 Å². The molecule has 0 saturated carbocycles. The molecule has 3 N–H and O–H groups in total. The summed E-state index contributed by atoms with van der Waals surface area (Å²) in [6.45, 7) is 3.94. The second kappa shape index (κ2) is 7.19. The molecule has 1 heterocycles. The third-order valence-electron chi connectivity index (χ3n) is 3.08. The molecule has 0 aliphatic heterocycles. The fourth-order valence-corrected chi connectivity index (χ4v) is 2.83. The number of aliphatic hydroxyl groups excluding tert-OH is 1. The van der Waals surface area contributed by atoms with Crippen molar-refractivity contribution < 1.29 is 9.90 Å². The van der Waals surface area contributed by atoms with E-state index in [0.29, 0.717) is 11.6 Å². The summed E-state index contributed by atoms with van der Waals surface area (Å²) in [6.07, 6.45) is 2.29. The zero-order valence-electron chi connectivity index (χ0n) is 12.1. The van der Waals surface area contributed by atoms with E-state index >= 15 is 0 Å². The van der Waals surface area contributed by atoms with E-state index in [1.807, 2.05) is 38.1 Å². The first-order valence-electron chi connectivity index (χ1n) is 6.80. The van der Waals surface area contributed by atoms with Crippen LogP contribution in [0.1, 0.15) is 18.9 Å². The van der Waals surface area contributed by atoms with Gasteiger partial charge >= 0.3 is 6.03 Å². The van der Waals surface area contributed by atoms with E-state index in [-0.39, 0.29) is 18.7 Å². The largest absolute Gasteiger partial charge is 0.396 e. The number of benzene rings is 1. The van der Waals surface area contributed by atoms with Gasteiger partial charge in [-0.05, 0) is 31.4 Å². The van der Waals surface area contributed by atoms with Crippen molar-refractivity contribution >= 4 is 22.5 Å². The minimum absolute atomic E-state index is 0.0517. The summed E-state index contributed by atoms with van der Waals surface area (Å²) in [5.41, 5.74) is 2.30. The van der Waals surface area contributed by atoms with Crippen LogP contribution in [0.3, 0.4) is 0 Å². The van der Waals surface area contributed by atoms with Crippen molar-refractivity contribution in [2.24, 2.45) is 0 Å². The molecule has 0 aliphatic carbocycles. The van der Waals surface area contributed by atoms with Gasteiger partial charge in [-0.25, -0.2) is 9.78 Å². The maximum absolute atomic E-state index is 11.8. The summed E-state index contributed by atoms with van der Waals surface area (Å²) in [7, 11) is 0. The number of thiazole rings is 1. The molecule has 112 valence electrons. The number of aromatic nitrogens is 1. The van der Waals surface area contributed by atoms with Crippen LogP contribution >= 0.6 is 11.3 Å². The van der Waals surface area contributed by atoms with Crippen LogP contribution in [0.2, 0.25) is 0 Å². The Morgan fingerprint density at radius 3 is 2.90 bits per heavy atom. The summed E-state index contributed by atoms with van der Waals surface area (Å²) in [5, 5.41) is 14.8. The number of urea groups is 1. The lowest BCUT2D eigenvalue weighted by atomic mass is 10.1. The third kappa shape index (κ3) is 4.27. The minimum Gasteiger partial charge on any atom is -0.396 e. The smallest absolute Gasteiger partial charge is 0.321 e. The zero-order chi connectivity index (χ0) is 15.2. The fourth-order valence-electron chi connectivity index (χ4n) is 1.93. The van der Waals surface area contributed by atoms with E-state index < -0.39 is 0 Å². The van der Waals surface area contributed by atoms with Crippen molar-refractivity contribution in [1.29, 1.82) is 0 Å². The quantitative estimate of drug-likeness (QED) is 0.795. The zero-order valence-corrected chi connectivity index (χ0v) is 12.9. The first kappa shape index (κ1) is 15.5. The van der Waals surface area contributed by atoms with Gasteiger partial charge in [0.25, 0.3) is 0 Å². The molecule has 0 aliphatic rings. The number of anilines is 1. The number of nitrogens with one attached hydrogen (secondary N) is 2. The average molecular weight is 305 g/mol. The standard InChI is InChI=1S/C15H19N3O2S/c1-10-5-3-4-6-12(10)13-9-16-15(21-13)18-14(20)17-11(2)7-8-19/h3-6,9,11,19H,7-8H2,1-2H3,(H2,16,17,18,20)/t11-/m1/s1. The number of hydrogen-bond donors (Lipinski definition) is 3. The third-order valence-corrected chi connectivity index (χ3v) is 4.02. The van der Waals surface area contributed by atoms with E-state index in [2.05, 4.69) is 15.6 Å². The number of amides is 2. The minimum atomic E-state index is -0.304. The maximum atomic E-state index is 11.8. The molecule has 1 aromatic carbocycles. The second-order valence-electron chi connectivity index (χ2n) is 4.86. The van der Waals surface area contributed by atoms with Crippen LogP contribution in [-0.4, -0.2) is 28.8 Å². The molecule has 2 rings (SSSR count). The Morgan fingerprint density at radius 2 is 2.19 bits per heavy atom. The molecule has 0 spiro atoms. The molecule has 0 bridgehead atoms. The summed E-state index contributed by atoms with van der Waals surface area (Å²) in [4.78, 5) is 17.0. The molecule has 2 amide bonds. The Labute approximate surface area is 128 Å². The van der Waals surface area contributed by atoms with Crippen molar-refractivity contribution in [2.45, 2.75) is 26.3 Å². The lowest BCUT2D eigenvalue weighted by Gasteiger charge is -2.11. The molecule has 2 aromatic rings. The van der Waals surface area contributed by atoms with Crippen LogP contribution in [0.5, 0.6) is 0 Å². The topological polar surface area (TPSA) is 74.2 Å². The molecule has 1 atom stereocenters. The van der Waals surface area contributed by atoms with Gasteiger partial charge in [-0.15, -0.1) is 0 Å². The van der Waals surface area contributed by atoms with Crippen molar-refractivity contribution in [3.05, 3.63) is 36.0 Å². The van der Waals surface area contributed by atoms with E-state index in [1.165, 1.54) is 16.9 Å². The molecular formula is C15H19N3O2S. The highest BCUT2D eigenvalue weighted by Crippen LogP contribution is 2.30. The van der Waals surface area contributed by atoms with Crippen LogP contribution in [0.4, 0.5) is 9.93 Å². The van der Waals surface area contributed by atoms with Gasteiger partial charge in [0, 0.05) is 18.8 Å². The molecule has 5 nitrogen and oxygen atoms in total. The number of nitrogens with zero attached hydrogens (tertiary/aromatic N) is 1. The van der Waals surface area contributed by atoms with E-state index in [4.69, 9.17) is 5.11 Å². The summed E-state index contributed by atoms with van der Waals surface area (Å²) in [5.74, 6) is 0. The van der Waals surface area contributed by atoms with Gasteiger partial charge in [0.05, 0.1) is 4.88 Å². The van der Waals surface area contributed by atoms with Crippen molar-refractivity contribution in [3.8, 4) is 10.4 Å². The van der Waals surface area contributed by atoms with Crippen molar-refractivity contribution in [2.75, 3.05) is 11.9 Å². The number of carbonyl (C=O) groups is 1. The number of rotatable bonds is 5. The van der Waals surface area contributed by atoms with Gasteiger partial charge in [-0.2, -0.15) is 0 Å². The van der Waals surface area contributed by atoms with Gasteiger partial charge in [-0.3, -0.25) is 5.32 Å². The molecular weight excluding hydrogens is 286 g/mol. The molecule has 0 unspecified atom stereocenters. The normalized spacial score (nSPS) is 12.0. The van der Waals surface area contributed by atoms with Gasteiger partial charge in [0.1, 0.15) is 0 Å². The van der Waals surface area contributed by atoms with Crippen molar-refractivity contribution in [3.63, 3.8) is 0 Å². The molecule has 6 heteroatoms. The van der Waals surface area contributed by atoms with Gasteiger partial charge < -0.3 is 10.4 Å². The van der Waals surface area contributed by atoms with Crippen LogP contribution in [0.25, 0.3) is 10.4 Å². The maximum Gasteiger partial charge on any atom is 0.321 e. The molecule has 0 radical (unpaired) electrons. The fraction of sp³-hybridized carbons (Fsp3) is 0.333. The summed E-state index contributed by atoms with van der Waals surface area (Å²) in [6, 6.07) is 7.68. The lowest BCUT2D eigenvalue weighted by molar-refractivity contribution is 0.241. The van der Waals surface area contributed by atoms with Crippen LogP contribution in [-0.2, 0) is 0 Å². The number of hydrogen-bond acceptors (Lipinski definition) is 4. The Morgan fingerprint density at radius 1 is 1.43 bits per heavy atom. The first-order valence-corrected chi connectivity index (χ1v) is 7.62. The monoisotopic (exact) mass is 305 g/mol. The predicted octanol–water partition coefficient (Wildman–Crippen LogP) is 3.01. The van der Waals surface area contributed by atoms with Gasteiger partial charge in [0.15, 0.2) is 5.13 Å². The molecule has 0 fully saturated rings. The summed E-state index contributed by atoms with van der Waals surface area (Å²) >= 11 is 1.44. The van der Waals surface area contributed by atoms with Crippen molar-refractivity contribution in [1.82, 2.24) is 10.3 Å². The van der Waals surface area contributed by atoms with E-state index in [1.54, 1.807) is 6.20 Å². The Hall–Kier alpha value is -1.92. The number of aliphatic hydroxyl groups is 1. The summed E-state index contributed by atoms with van der Waals surface area (Å²) < 4.78 is 0. The number of aryl methyl sites for hydroxylation is 1. The van der Waals surface area contributed by atoms with E-state index in [9.17, 15) is 4.79 Å². The lowest BCUT2D eigenvalue weighted by Crippen LogP contribution is -2.36. The van der Waals surface area contributed by atoms with Gasteiger partial charge in [0.2, 0.25) is 0 Å².